The summed E-state index contributed by atoms with van der Waals surface area (Å²) in [5.41, 5.74) is 0. The minimum atomic E-state index is 0.310. The molecule has 1 fully saturated rings. The predicted octanol–water partition coefficient (Wildman–Crippen LogP) is 2.90. The van der Waals surface area contributed by atoms with Crippen LogP contribution in [0.4, 0.5) is 5.82 Å². The number of ether oxygens (including phenoxy) is 1. The van der Waals surface area contributed by atoms with Gasteiger partial charge in [0.2, 0.25) is 0 Å². The first kappa shape index (κ1) is 14.0. The maximum atomic E-state index is 5.59. The number of hydrogen-bond acceptors (Lipinski definition) is 6. The SMILES string of the molecule is CCNc1cc(SC2CCOC2C)nc(SC)n1. The lowest BCUT2D eigenvalue weighted by atomic mass is 10.3. The highest BCUT2D eigenvalue weighted by Crippen LogP contribution is 2.32. The molecule has 100 valence electrons. The van der Waals surface area contributed by atoms with Crippen molar-refractivity contribution in [1.29, 1.82) is 0 Å². The van der Waals surface area contributed by atoms with Crippen LogP contribution in [0, 0.1) is 0 Å². The van der Waals surface area contributed by atoms with E-state index in [9.17, 15) is 0 Å². The molecule has 2 atom stereocenters. The first-order valence-electron chi connectivity index (χ1n) is 6.18. The maximum Gasteiger partial charge on any atom is 0.190 e. The van der Waals surface area contributed by atoms with Crippen molar-refractivity contribution in [3.8, 4) is 0 Å². The molecule has 1 N–H and O–H groups in total. The topological polar surface area (TPSA) is 47.0 Å². The molecule has 1 aromatic heterocycles. The third-order valence-corrected chi connectivity index (χ3v) is 4.72. The van der Waals surface area contributed by atoms with E-state index in [1.165, 1.54) is 0 Å². The molecule has 2 heterocycles. The quantitative estimate of drug-likeness (QED) is 0.510. The van der Waals surface area contributed by atoms with Gasteiger partial charge in [0.15, 0.2) is 5.16 Å². The van der Waals surface area contributed by atoms with Crippen molar-refractivity contribution < 1.29 is 4.74 Å². The van der Waals surface area contributed by atoms with Gasteiger partial charge in [-0.3, -0.25) is 0 Å². The maximum absolute atomic E-state index is 5.59. The number of anilines is 1. The molecule has 1 saturated heterocycles. The van der Waals surface area contributed by atoms with Gasteiger partial charge in [0.05, 0.1) is 6.10 Å². The predicted molar refractivity (Wildman–Crippen MR) is 77.7 cm³/mol. The van der Waals surface area contributed by atoms with Gasteiger partial charge in [-0.25, -0.2) is 9.97 Å². The molecule has 0 aliphatic carbocycles. The fraction of sp³-hybridized carbons (Fsp3) is 0.667. The van der Waals surface area contributed by atoms with E-state index >= 15 is 0 Å². The lowest BCUT2D eigenvalue weighted by Crippen LogP contribution is -2.13. The normalized spacial score (nSPS) is 23.3. The highest BCUT2D eigenvalue weighted by molar-refractivity contribution is 8.00. The van der Waals surface area contributed by atoms with Gasteiger partial charge < -0.3 is 10.1 Å². The van der Waals surface area contributed by atoms with E-state index in [1.807, 2.05) is 12.3 Å². The van der Waals surface area contributed by atoms with Crippen LogP contribution in [0.5, 0.6) is 0 Å². The zero-order valence-corrected chi connectivity index (χ0v) is 12.6. The van der Waals surface area contributed by atoms with Crippen LogP contribution < -0.4 is 5.32 Å². The number of aromatic nitrogens is 2. The van der Waals surface area contributed by atoms with Gasteiger partial charge in [0.25, 0.3) is 0 Å². The lowest BCUT2D eigenvalue weighted by molar-refractivity contribution is 0.127. The van der Waals surface area contributed by atoms with Crippen LogP contribution in [0.1, 0.15) is 20.3 Å². The van der Waals surface area contributed by atoms with E-state index in [0.717, 1.165) is 35.6 Å². The Morgan fingerprint density at radius 2 is 2.33 bits per heavy atom. The van der Waals surface area contributed by atoms with Gasteiger partial charge in [-0.2, -0.15) is 0 Å². The largest absolute Gasteiger partial charge is 0.377 e. The smallest absolute Gasteiger partial charge is 0.190 e. The highest BCUT2D eigenvalue weighted by atomic mass is 32.2. The molecule has 4 nitrogen and oxygen atoms in total. The minimum absolute atomic E-state index is 0.310. The van der Waals surface area contributed by atoms with E-state index in [-0.39, 0.29) is 0 Å². The summed E-state index contributed by atoms with van der Waals surface area (Å²) in [4.78, 5) is 8.98. The summed E-state index contributed by atoms with van der Waals surface area (Å²) in [7, 11) is 0. The van der Waals surface area contributed by atoms with Crippen molar-refractivity contribution in [3.63, 3.8) is 0 Å². The summed E-state index contributed by atoms with van der Waals surface area (Å²) in [5, 5.41) is 5.61. The summed E-state index contributed by atoms with van der Waals surface area (Å²) in [5.74, 6) is 0.908. The second kappa shape index (κ2) is 6.63. The van der Waals surface area contributed by atoms with E-state index in [4.69, 9.17) is 4.74 Å². The van der Waals surface area contributed by atoms with Crippen LogP contribution in [-0.2, 0) is 4.74 Å². The first-order chi connectivity index (χ1) is 8.72. The second-order valence-corrected chi connectivity index (χ2v) is 6.16. The van der Waals surface area contributed by atoms with Crippen LogP contribution in [0.3, 0.4) is 0 Å². The standard InChI is InChI=1S/C12H19N3OS2/c1-4-13-10-7-11(15-12(14-10)17-3)18-9-5-6-16-8(9)2/h7-9H,4-6H2,1-3H3,(H,13,14,15). The molecular weight excluding hydrogens is 266 g/mol. The van der Waals surface area contributed by atoms with E-state index in [2.05, 4.69) is 29.1 Å². The molecule has 18 heavy (non-hydrogen) atoms. The van der Waals surface area contributed by atoms with Crippen LogP contribution in [-0.4, -0.2) is 40.7 Å². The Hall–Kier alpha value is -0.460. The number of hydrogen-bond donors (Lipinski definition) is 1. The van der Waals surface area contributed by atoms with Gasteiger partial charge in [0.1, 0.15) is 10.8 Å². The Bertz CT molecular complexity index is 403. The minimum Gasteiger partial charge on any atom is -0.377 e. The van der Waals surface area contributed by atoms with Gasteiger partial charge in [0, 0.05) is 24.5 Å². The lowest BCUT2D eigenvalue weighted by Gasteiger charge is -2.14. The molecule has 1 aliphatic rings. The number of rotatable bonds is 5. The molecule has 2 rings (SSSR count). The Labute approximate surface area is 117 Å². The zero-order chi connectivity index (χ0) is 13.0. The van der Waals surface area contributed by atoms with Gasteiger partial charge in [-0.05, 0) is 26.5 Å². The molecule has 0 spiro atoms. The van der Waals surface area contributed by atoms with Crippen LogP contribution in [0.15, 0.2) is 16.2 Å². The summed E-state index contributed by atoms with van der Waals surface area (Å²) in [6, 6.07) is 2.03. The number of nitrogens with one attached hydrogen (secondary N) is 1. The third kappa shape index (κ3) is 3.52. The van der Waals surface area contributed by atoms with Crippen molar-refractivity contribution in [2.75, 3.05) is 24.7 Å². The molecule has 1 aliphatic heterocycles. The Morgan fingerprint density at radius 1 is 1.50 bits per heavy atom. The van der Waals surface area contributed by atoms with Gasteiger partial charge in [-0.1, -0.05) is 11.8 Å². The van der Waals surface area contributed by atoms with E-state index in [0.29, 0.717) is 11.4 Å². The molecule has 0 bridgehead atoms. The second-order valence-electron chi connectivity index (χ2n) is 4.13. The van der Waals surface area contributed by atoms with Crippen molar-refractivity contribution in [1.82, 2.24) is 9.97 Å². The van der Waals surface area contributed by atoms with E-state index in [1.54, 1.807) is 23.5 Å². The van der Waals surface area contributed by atoms with Crippen molar-refractivity contribution in [3.05, 3.63) is 6.07 Å². The van der Waals surface area contributed by atoms with Gasteiger partial charge >= 0.3 is 0 Å². The zero-order valence-electron chi connectivity index (χ0n) is 11.0. The molecule has 2 unspecified atom stereocenters. The summed E-state index contributed by atoms with van der Waals surface area (Å²) in [6.45, 7) is 5.93. The Balaban J connectivity index is 2.12. The monoisotopic (exact) mass is 285 g/mol. The van der Waals surface area contributed by atoms with Crippen LogP contribution in [0.25, 0.3) is 0 Å². The molecule has 0 radical (unpaired) electrons. The molecule has 0 amide bonds. The van der Waals surface area contributed by atoms with Crippen molar-refractivity contribution in [2.24, 2.45) is 0 Å². The number of nitrogens with zero attached hydrogens (tertiary/aromatic N) is 2. The highest BCUT2D eigenvalue weighted by Gasteiger charge is 2.25. The average molecular weight is 285 g/mol. The first-order valence-corrected chi connectivity index (χ1v) is 8.28. The summed E-state index contributed by atoms with van der Waals surface area (Å²) in [6.07, 6.45) is 3.41. The number of thioether (sulfide) groups is 2. The molecular formula is C12H19N3OS2. The molecule has 0 aromatic carbocycles. The molecule has 1 aromatic rings. The summed E-state index contributed by atoms with van der Waals surface area (Å²) < 4.78 is 5.59. The van der Waals surface area contributed by atoms with Gasteiger partial charge in [-0.15, -0.1) is 11.8 Å². The molecule has 6 heteroatoms. The third-order valence-electron chi connectivity index (χ3n) is 2.80. The summed E-state index contributed by atoms with van der Waals surface area (Å²) >= 11 is 3.37. The Morgan fingerprint density at radius 3 is 2.94 bits per heavy atom. The van der Waals surface area contributed by atoms with E-state index < -0.39 is 0 Å². The van der Waals surface area contributed by atoms with Crippen LogP contribution in [0.2, 0.25) is 0 Å². The average Bonchev–Trinajstić information content (AvgIpc) is 2.75. The Kier molecular flexibility index (Phi) is 5.14. The molecule has 0 saturated carbocycles. The fourth-order valence-electron chi connectivity index (χ4n) is 1.85. The van der Waals surface area contributed by atoms with Crippen molar-refractivity contribution >= 4 is 29.3 Å². The van der Waals surface area contributed by atoms with Crippen molar-refractivity contribution in [2.45, 2.75) is 41.8 Å². The fourth-order valence-corrected chi connectivity index (χ4v) is 3.40. The van der Waals surface area contributed by atoms with Crippen LogP contribution >= 0.6 is 23.5 Å².